The van der Waals surface area contributed by atoms with Crippen LogP contribution < -0.4 is 5.73 Å². The molecule has 2 N–H and O–H groups in total. The number of benzene rings is 1. The van der Waals surface area contributed by atoms with Gasteiger partial charge in [-0.05, 0) is 17.7 Å². The molecule has 1 fully saturated rings. The van der Waals surface area contributed by atoms with E-state index in [0.717, 1.165) is 25.2 Å². The maximum Gasteiger partial charge on any atom is 0.123 e. The molecular formula is C12H17FN2O. The molecule has 1 saturated heterocycles. The lowest BCUT2D eigenvalue weighted by molar-refractivity contribution is -0.0288. The van der Waals surface area contributed by atoms with Crippen molar-refractivity contribution in [1.29, 1.82) is 0 Å². The van der Waals surface area contributed by atoms with Crippen LogP contribution in [0.25, 0.3) is 0 Å². The second-order valence-electron chi connectivity index (χ2n) is 4.00. The van der Waals surface area contributed by atoms with Gasteiger partial charge in [0.2, 0.25) is 0 Å². The zero-order valence-electron chi connectivity index (χ0n) is 9.23. The Morgan fingerprint density at radius 2 is 2.12 bits per heavy atom. The summed E-state index contributed by atoms with van der Waals surface area (Å²) >= 11 is 0. The molecule has 1 atom stereocenters. The number of hydrogen-bond donors (Lipinski definition) is 1. The molecule has 1 unspecified atom stereocenters. The lowest BCUT2D eigenvalue weighted by Gasteiger charge is -2.32. The zero-order chi connectivity index (χ0) is 11.4. The summed E-state index contributed by atoms with van der Waals surface area (Å²) in [6.45, 7) is 4.02. The van der Waals surface area contributed by atoms with E-state index >= 15 is 0 Å². The summed E-state index contributed by atoms with van der Waals surface area (Å²) in [5.41, 5.74) is 6.56. The van der Waals surface area contributed by atoms with Crippen LogP contribution in [0.1, 0.15) is 11.7 Å². The fraction of sp³-hybridized carbons (Fsp3) is 0.500. The van der Waals surface area contributed by atoms with Crippen molar-refractivity contribution in [2.45, 2.75) is 6.10 Å². The Bertz CT molecular complexity index is 326. The van der Waals surface area contributed by atoms with Crippen molar-refractivity contribution < 1.29 is 9.13 Å². The number of nitrogens with two attached hydrogens (primary N) is 1. The van der Waals surface area contributed by atoms with Crippen LogP contribution in [-0.2, 0) is 4.74 Å². The number of rotatable bonds is 3. The fourth-order valence-corrected chi connectivity index (χ4v) is 1.97. The molecule has 0 radical (unpaired) electrons. The molecule has 0 aromatic heterocycles. The first-order chi connectivity index (χ1) is 7.79. The lowest BCUT2D eigenvalue weighted by Crippen LogP contribution is -2.40. The largest absolute Gasteiger partial charge is 0.371 e. The van der Waals surface area contributed by atoms with Gasteiger partial charge in [0, 0.05) is 26.2 Å². The summed E-state index contributed by atoms with van der Waals surface area (Å²) in [5.74, 6) is -0.210. The first-order valence-electron chi connectivity index (χ1n) is 5.59. The highest BCUT2D eigenvalue weighted by atomic mass is 19.1. The van der Waals surface area contributed by atoms with Crippen LogP contribution in [-0.4, -0.2) is 37.7 Å². The maximum atomic E-state index is 12.8. The van der Waals surface area contributed by atoms with E-state index in [2.05, 4.69) is 4.90 Å². The normalized spacial score (nSPS) is 22.2. The minimum absolute atomic E-state index is 0.0425. The minimum atomic E-state index is -0.210. The van der Waals surface area contributed by atoms with Gasteiger partial charge in [-0.1, -0.05) is 12.1 Å². The van der Waals surface area contributed by atoms with Crippen LogP contribution in [0.5, 0.6) is 0 Å². The third-order valence-electron chi connectivity index (χ3n) is 2.84. The average Bonchev–Trinajstić information content (AvgIpc) is 2.31. The van der Waals surface area contributed by atoms with E-state index in [1.807, 2.05) is 0 Å². The van der Waals surface area contributed by atoms with Crippen molar-refractivity contribution in [3.05, 3.63) is 35.6 Å². The van der Waals surface area contributed by atoms with E-state index in [4.69, 9.17) is 10.5 Å². The molecule has 16 heavy (non-hydrogen) atoms. The Morgan fingerprint density at radius 3 is 2.81 bits per heavy atom. The van der Waals surface area contributed by atoms with Crippen LogP contribution in [0, 0.1) is 5.82 Å². The molecule has 0 spiro atoms. The Kier molecular flexibility index (Phi) is 3.88. The highest BCUT2D eigenvalue weighted by Crippen LogP contribution is 2.21. The molecule has 0 saturated carbocycles. The minimum Gasteiger partial charge on any atom is -0.371 e. The van der Waals surface area contributed by atoms with E-state index < -0.39 is 0 Å². The molecule has 0 aliphatic carbocycles. The van der Waals surface area contributed by atoms with Gasteiger partial charge in [-0.25, -0.2) is 4.39 Å². The second kappa shape index (κ2) is 5.39. The predicted octanol–water partition coefficient (Wildman–Crippen LogP) is 1.16. The van der Waals surface area contributed by atoms with E-state index in [0.29, 0.717) is 13.2 Å². The maximum absolute atomic E-state index is 12.8. The number of halogens is 1. The van der Waals surface area contributed by atoms with Gasteiger partial charge in [0.25, 0.3) is 0 Å². The van der Waals surface area contributed by atoms with Crippen LogP contribution in [0.4, 0.5) is 4.39 Å². The molecule has 1 aliphatic heterocycles. The first kappa shape index (κ1) is 11.5. The van der Waals surface area contributed by atoms with Gasteiger partial charge < -0.3 is 10.5 Å². The topological polar surface area (TPSA) is 38.5 Å². The van der Waals surface area contributed by atoms with Gasteiger partial charge in [-0.2, -0.15) is 0 Å². The van der Waals surface area contributed by atoms with Gasteiger partial charge in [0.1, 0.15) is 5.82 Å². The molecule has 1 heterocycles. The summed E-state index contributed by atoms with van der Waals surface area (Å²) in [5, 5.41) is 0. The van der Waals surface area contributed by atoms with E-state index in [9.17, 15) is 4.39 Å². The molecule has 0 amide bonds. The summed E-state index contributed by atoms with van der Waals surface area (Å²) in [6, 6.07) is 6.51. The van der Waals surface area contributed by atoms with Crippen molar-refractivity contribution in [1.82, 2.24) is 4.90 Å². The van der Waals surface area contributed by atoms with Crippen LogP contribution >= 0.6 is 0 Å². The van der Waals surface area contributed by atoms with E-state index in [1.165, 1.54) is 12.1 Å². The summed E-state index contributed by atoms with van der Waals surface area (Å²) in [6.07, 6.45) is 0.0425. The highest BCUT2D eigenvalue weighted by molar-refractivity contribution is 5.19. The molecule has 1 aliphatic rings. The highest BCUT2D eigenvalue weighted by Gasteiger charge is 2.21. The van der Waals surface area contributed by atoms with Crippen LogP contribution in [0.15, 0.2) is 24.3 Å². The van der Waals surface area contributed by atoms with Crippen LogP contribution in [0.2, 0.25) is 0 Å². The average molecular weight is 224 g/mol. The van der Waals surface area contributed by atoms with Crippen molar-refractivity contribution in [3.63, 3.8) is 0 Å². The smallest absolute Gasteiger partial charge is 0.123 e. The molecule has 4 heteroatoms. The standard InChI is InChI=1S/C12H17FN2O/c13-11-3-1-10(2-4-11)12-9-15(6-5-14)7-8-16-12/h1-4,12H,5-9,14H2. The molecule has 88 valence electrons. The Balaban J connectivity index is 2.01. The summed E-state index contributed by atoms with van der Waals surface area (Å²) < 4.78 is 18.5. The molecular weight excluding hydrogens is 207 g/mol. The van der Waals surface area contributed by atoms with Crippen molar-refractivity contribution in [2.24, 2.45) is 5.73 Å². The monoisotopic (exact) mass is 224 g/mol. The molecule has 0 bridgehead atoms. The van der Waals surface area contributed by atoms with E-state index in [1.54, 1.807) is 12.1 Å². The third-order valence-corrected chi connectivity index (χ3v) is 2.84. The second-order valence-corrected chi connectivity index (χ2v) is 4.00. The molecule has 1 aromatic rings. The Morgan fingerprint density at radius 1 is 1.38 bits per heavy atom. The molecule has 3 nitrogen and oxygen atoms in total. The van der Waals surface area contributed by atoms with Gasteiger partial charge in [0.15, 0.2) is 0 Å². The predicted molar refractivity (Wildman–Crippen MR) is 60.6 cm³/mol. The van der Waals surface area contributed by atoms with Crippen molar-refractivity contribution >= 4 is 0 Å². The number of hydrogen-bond acceptors (Lipinski definition) is 3. The van der Waals surface area contributed by atoms with Crippen molar-refractivity contribution in [2.75, 3.05) is 32.8 Å². The first-order valence-corrected chi connectivity index (χ1v) is 5.59. The third kappa shape index (κ3) is 2.78. The number of nitrogens with zero attached hydrogens (tertiary/aromatic N) is 1. The number of morpholine rings is 1. The van der Waals surface area contributed by atoms with Gasteiger partial charge in [0.05, 0.1) is 12.7 Å². The van der Waals surface area contributed by atoms with Crippen LogP contribution in [0.3, 0.4) is 0 Å². The fourth-order valence-electron chi connectivity index (χ4n) is 1.97. The quantitative estimate of drug-likeness (QED) is 0.837. The van der Waals surface area contributed by atoms with Gasteiger partial charge in [-0.15, -0.1) is 0 Å². The Hall–Kier alpha value is -0.970. The Labute approximate surface area is 95.0 Å². The van der Waals surface area contributed by atoms with E-state index in [-0.39, 0.29) is 11.9 Å². The van der Waals surface area contributed by atoms with Gasteiger partial charge >= 0.3 is 0 Å². The number of ether oxygens (including phenoxy) is 1. The summed E-state index contributed by atoms with van der Waals surface area (Å²) in [4.78, 5) is 2.28. The van der Waals surface area contributed by atoms with Crippen molar-refractivity contribution in [3.8, 4) is 0 Å². The summed E-state index contributed by atoms with van der Waals surface area (Å²) in [7, 11) is 0. The molecule has 2 rings (SSSR count). The zero-order valence-corrected chi connectivity index (χ0v) is 9.23. The SMILES string of the molecule is NCCN1CCOC(c2ccc(F)cc2)C1. The van der Waals surface area contributed by atoms with Gasteiger partial charge in [-0.3, -0.25) is 4.90 Å². The molecule has 1 aromatic carbocycles. The lowest BCUT2D eigenvalue weighted by atomic mass is 10.1.